The Hall–Kier alpha value is -10.9. The summed E-state index contributed by atoms with van der Waals surface area (Å²) in [4.78, 5) is 0. The van der Waals surface area contributed by atoms with Crippen LogP contribution in [0.25, 0.3) is 154 Å². The zero-order valence-electron chi connectivity index (χ0n) is 44.7. The second kappa shape index (κ2) is 18.3. The summed E-state index contributed by atoms with van der Waals surface area (Å²) in [5, 5.41) is 9.86. The second-order valence-corrected chi connectivity index (χ2v) is 21.7. The van der Waals surface area contributed by atoms with Crippen LogP contribution in [0.4, 0.5) is 0 Å². The monoisotopic (exact) mass is 1040 g/mol. The summed E-state index contributed by atoms with van der Waals surface area (Å²) in [7, 11) is 0. The highest BCUT2D eigenvalue weighted by Gasteiger charge is 2.20. The van der Waals surface area contributed by atoms with E-state index in [1.165, 1.54) is 121 Å². The van der Waals surface area contributed by atoms with Gasteiger partial charge in [-0.25, -0.2) is 0 Å². The van der Waals surface area contributed by atoms with Crippen LogP contribution in [0.2, 0.25) is 0 Å². The highest BCUT2D eigenvalue weighted by molar-refractivity contribution is 6.14. The van der Waals surface area contributed by atoms with Crippen molar-refractivity contribution in [1.29, 1.82) is 0 Å². The quantitative estimate of drug-likeness (QED) is 0.145. The highest BCUT2D eigenvalue weighted by Crippen LogP contribution is 2.42. The number of fused-ring (bicyclic) bond motifs is 12. The smallest absolute Gasteiger partial charge is 0.0542 e. The molecule has 4 nitrogen and oxygen atoms in total. The van der Waals surface area contributed by atoms with Gasteiger partial charge in [0.2, 0.25) is 0 Å². The van der Waals surface area contributed by atoms with Crippen molar-refractivity contribution in [1.82, 2.24) is 18.3 Å². The molecule has 0 saturated heterocycles. The Labute approximate surface area is 473 Å². The van der Waals surface area contributed by atoms with Crippen LogP contribution in [0.15, 0.2) is 303 Å². The fourth-order valence-corrected chi connectivity index (χ4v) is 13.4. The van der Waals surface area contributed by atoms with Gasteiger partial charge in [-0.05, 0) is 160 Å². The molecule has 4 aromatic heterocycles. The van der Waals surface area contributed by atoms with Crippen molar-refractivity contribution in [2.24, 2.45) is 0 Å². The maximum Gasteiger partial charge on any atom is 0.0542 e. The fraction of sp³-hybridized carbons (Fsp3) is 0. The Balaban J connectivity index is 0.776. The summed E-state index contributed by atoms with van der Waals surface area (Å²) in [6, 6.07) is 112. The summed E-state index contributed by atoms with van der Waals surface area (Å²) in [5.74, 6) is 0. The van der Waals surface area contributed by atoms with Crippen LogP contribution in [0.3, 0.4) is 0 Å². The molecule has 0 aliphatic carbocycles. The number of aromatic nitrogens is 4. The SMILES string of the molecule is c1ccc(-c2ccc(-n3c4ccccc4c4cc(-n5c6ccccc6c6cc(-c7cccc(-c8cc(-c9ccccc9)cc(-n9c%10ccccc%10c%10cc(-n%11c%12ccccc%12c%12ccccc%12%11)ccc%109)c8)c7)ccc65)ccc43)cc2)cc1. The molecule has 13 aromatic carbocycles. The number of nitrogens with zero attached hydrogens (tertiary/aromatic N) is 4. The third-order valence-electron chi connectivity index (χ3n) is 17.1. The van der Waals surface area contributed by atoms with E-state index in [9.17, 15) is 0 Å². The molecular weight excluding hydrogens is 993 g/mol. The number of para-hydroxylation sites is 5. The van der Waals surface area contributed by atoms with Gasteiger partial charge < -0.3 is 18.3 Å². The zero-order chi connectivity index (χ0) is 53.8. The van der Waals surface area contributed by atoms with Gasteiger partial charge >= 0.3 is 0 Å². The lowest BCUT2D eigenvalue weighted by Crippen LogP contribution is -1.97. The molecular formula is C78H50N4. The molecule has 0 unspecified atom stereocenters. The molecule has 4 heteroatoms. The van der Waals surface area contributed by atoms with Crippen LogP contribution >= 0.6 is 0 Å². The molecule has 0 amide bonds. The van der Waals surface area contributed by atoms with Crippen LogP contribution in [0.5, 0.6) is 0 Å². The molecule has 0 bridgehead atoms. The minimum atomic E-state index is 1.12. The second-order valence-electron chi connectivity index (χ2n) is 21.7. The van der Waals surface area contributed by atoms with E-state index in [1.54, 1.807) is 0 Å². The predicted molar refractivity (Wildman–Crippen MR) is 346 cm³/mol. The molecule has 0 aliphatic heterocycles. The molecule has 17 rings (SSSR count). The lowest BCUT2D eigenvalue weighted by Gasteiger charge is -2.15. The molecule has 0 N–H and O–H groups in total. The third-order valence-corrected chi connectivity index (χ3v) is 17.1. The van der Waals surface area contributed by atoms with Crippen LogP contribution in [-0.2, 0) is 0 Å². The maximum absolute atomic E-state index is 2.46. The Bertz CT molecular complexity index is 5330. The van der Waals surface area contributed by atoms with Crippen LogP contribution in [-0.4, -0.2) is 18.3 Å². The molecule has 0 spiro atoms. The van der Waals surface area contributed by atoms with E-state index in [0.29, 0.717) is 0 Å². The highest BCUT2D eigenvalue weighted by atomic mass is 15.0. The van der Waals surface area contributed by atoms with Crippen LogP contribution < -0.4 is 0 Å². The van der Waals surface area contributed by atoms with Gasteiger partial charge in [0.1, 0.15) is 0 Å². The maximum atomic E-state index is 2.46. The van der Waals surface area contributed by atoms with Crippen LogP contribution in [0, 0.1) is 0 Å². The average Bonchev–Trinajstić information content (AvgIpc) is 3.16. The summed E-state index contributed by atoms with van der Waals surface area (Å²) >= 11 is 0. The lowest BCUT2D eigenvalue weighted by molar-refractivity contribution is 1.17. The summed E-state index contributed by atoms with van der Waals surface area (Å²) in [6.07, 6.45) is 0. The minimum absolute atomic E-state index is 1.12. The molecule has 382 valence electrons. The average molecular weight is 1040 g/mol. The summed E-state index contributed by atoms with van der Waals surface area (Å²) in [6.45, 7) is 0. The number of hydrogen-bond acceptors (Lipinski definition) is 0. The molecule has 0 radical (unpaired) electrons. The molecule has 0 fully saturated rings. The number of benzene rings is 13. The Morgan fingerprint density at radius 1 is 0.134 bits per heavy atom. The van der Waals surface area contributed by atoms with E-state index >= 15 is 0 Å². The molecule has 17 aromatic rings. The van der Waals surface area contributed by atoms with E-state index < -0.39 is 0 Å². The van der Waals surface area contributed by atoms with E-state index in [2.05, 4.69) is 322 Å². The Kier molecular flexibility index (Phi) is 10.3. The largest absolute Gasteiger partial charge is 0.309 e. The van der Waals surface area contributed by atoms with Gasteiger partial charge in [0.25, 0.3) is 0 Å². The summed E-state index contributed by atoms with van der Waals surface area (Å²) in [5.41, 5.74) is 23.5. The van der Waals surface area contributed by atoms with Gasteiger partial charge in [-0.15, -0.1) is 0 Å². The fourth-order valence-electron chi connectivity index (χ4n) is 13.4. The van der Waals surface area contributed by atoms with Gasteiger partial charge in [0.15, 0.2) is 0 Å². The van der Waals surface area contributed by atoms with Crippen molar-refractivity contribution in [3.8, 4) is 67.3 Å². The van der Waals surface area contributed by atoms with E-state index in [0.717, 1.165) is 33.9 Å². The topological polar surface area (TPSA) is 19.7 Å². The third kappa shape index (κ3) is 7.18. The Morgan fingerprint density at radius 3 is 0.902 bits per heavy atom. The van der Waals surface area contributed by atoms with E-state index in [-0.39, 0.29) is 0 Å². The van der Waals surface area contributed by atoms with Crippen molar-refractivity contribution >= 4 is 87.2 Å². The first kappa shape index (κ1) is 46.0. The van der Waals surface area contributed by atoms with Crippen molar-refractivity contribution in [2.45, 2.75) is 0 Å². The van der Waals surface area contributed by atoms with Crippen LogP contribution in [0.1, 0.15) is 0 Å². The normalized spacial score (nSPS) is 11.9. The first-order valence-corrected chi connectivity index (χ1v) is 28.2. The number of hydrogen-bond donors (Lipinski definition) is 0. The zero-order valence-corrected chi connectivity index (χ0v) is 44.7. The van der Waals surface area contributed by atoms with Crippen molar-refractivity contribution in [2.75, 3.05) is 0 Å². The molecule has 0 atom stereocenters. The molecule has 0 saturated carbocycles. The first-order valence-electron chi connectivity index (χ1n) is 28.2. The minimum Gasteiger partial charge on any atom is -0.309 e. The van der Waals surface area contributed by atoms with Gasteiger partial charge in [-0.2, -0.15) is 0 Å². The number of rotatable bonds is 8. The van der Waals surface area contributed by atoms with Gasteiger partial charge in [0, 0.05) is 65.8 Å². The lowest BCUT2D eigenvalue weighted by atomic mass is 9.95. The summed E-state index contributed by atoms with van der Waals surface area (Å²) < 4.78 is 9.73. The molecule has 0 aliphatic rings. The standard InChI is InChI=1S/C78H50N4/c1-3-18-51(19-4-1)53-34-37-59(38-35-53)79-73-31-14-10-27-66(73)69-50-61(39-42-77(69)79)81-74-32-15-9-26-65(74)68-48-56(36-41-76(68)81)54-22-17-23-55(44-54)58-45-57(52-20-5-2-6-21-52)46-62(47-58)82-75-33-16-11-28-67(75)70-49-60(40-43-78(70)82)80-71-29-12-7-24-63(71)64-25-8-13-30-72(64)80/h1-50H. The van der Waals surface area contributed by atoms with Gasteiger partial charge in [-0.3, -0.25) is 0 Å². The van der Waals surface area contributed by atoms with Crippen molar-refractivity contribution < 1.29 is 0 Å². The molecule has 82 heavy (non-hydrogen) atoms. The first-order chi connectivity index (χ1) is 40.7. The van der Waals surface area contributed by atoms with Gasteiger partial charge in [0.05, 0.1) is 44.1 Å². The van der Waals surface area contributed by atoms with Crippen molar-refractivity contribution in [3.63, 3.8) is 0 Å². The van der Waals surface area contributed by atoms with Crippen molar-refractivity contribution in [3.05, 3.63) is 303 Å². The van der Waals surface area contributed by atoms with Gasteiger partial charge in [-0.1, -0.05) is 188 Å². The predicted octanol–water partition coefficient (Wildman–Crippen LogP) is 20.7. The Morgan fingerprint density at radius 2 is 0.415 bits per heavy atom. The van der Waals surface area contributed by atoms with E-state index in [4.69, 9.17) is 0 Å². The molecule has 4 heterocycles. The van der Waals surface area contributed by atoms with E-state index in [1.807, 2.05) is 0 Å².